The maximum atomic E-state index is 6.49. The van der Waals surface area contributed by atoms with E-state index in [9.17, 15) is 0 Å². The highest BCUT2D eigenvalue weighted by Crippen LogP contribution is 2.38. The highest BCUT2D eigenvalue weighted by Gasteiger charge is 2.31. The second kappa shape index (κ2) is 13.2. The van der Waals surface area contributed by atoms with Gasteiger partial charge in [-0.2, -0.15) is 5.10 Å². The molecule has 10 heteroatoms. The van der Waals surface area contributed by atoms with Crippen LogP contribution in [-0.4, -0.2) is 94.1 Å². The first kappa shape index (κ1) is 29.7. The van der Waals surface area contributed by atoms with Crippen LogP contribution in [0.5, 0.6) is 5.75 Å². The third-order valence-corrected chi connectivity index (χ3v) is 9.80. The topological polar surface area (TPSA) is 110 Å². The van der Waals surface area contributed by atoms with E-state index in [-0.39, 0.29) is 0 Å². The number of aromatic amines is 1. The van der Waals surface area contributed by atoms with Crippen molar-refractivity contribution in [3.63, 3.8) is 0 Å². The van der Waals surface area contributed by atoms with Gasteiger partial charge in [-0.15, -0.1) is 0 Å². The number of nitrogens with zero attached hydrogens (tertiary/aromatic N) is 6. The highest BCUT2D eigenvalue weighted by atomic mass is 16.5. The number of H-pyrrole nitrogens is 1. The van der Waals surface area contributed by atoms with Crippen LogP contribution in [0.4, 0.5) is 5.82 Å². The Bertz CT molecular complexity index is 1750. The van der Waals surface area contributed by atoms with E-state index in [1.807, 2.05) is 18.2 Å². The van der Waals surface area contributed by atoms with Crippen molar-refractivity contribution in [2.24, 2.45) is 0 Å². The zero-order valence-electron chi connectivity index (χ0n) is 26.4. The number of methoxy groups -OCH3 is 2. The van der Waals surface area contributed by atoms with E-state index in [4.69, 9.17) is 25.3 Å². The third kappa shape index (κ3) is 6.14. The van der Waals surface area contributed by atoms with E-state index < -0.39 is 0 Å². The molecule has 3 aromatic heterocycles. The first-order valence-corrected chi connectivity index (χ1v) is 16.3. The number of nitrogens with two attached hydrogens (primary N) is 1. The zero-order chi connectivity index (χ0) is 30.8. The average molecular weight is 609 g/mol. The van der Waals surface area contributed by atoms with Crippen LogP contribution >= 0.6 is 0 Å². The molecule has 1 saturated carbocycles. The lowest BCUT2D eigenvalue weighted by atomic mass is 9.90. The van der Waals surface area contributed by atoms with Gasteiger partial charge in [-0.3, -0.25) is 4.90 Å². The minimum Gasteiger partial charge on any atom is -0.496 e. The van der Waals surface area contributed by atoms with Gasteiger partial charge in [0.25, 0.3) is 0 Å². The van der Waals surface area contributed by atoms with Gasteiger partial charge in [0.2, 0.25) is 0 Å². The lowest BCUT2D eigenvalue weighted by Crippen LogP contribution is -2.51. The molecule has 0 atom stereocenters. The van der Waals surface area contributed by atoms with Gasteiger partial charge in [-0.1, -0.05) is 30.3 Å². The van der Waals surface area contributed by atoms with Gasteiger partial charge in [0.15, 0.2) is 5.65 Å². The molecule has 0 amide bonds. The molecule has 2 aromatic carbocycles. The number of piperazine rings is 1. The molecule has 45 heavy (non-hydrogen) atoms. The first-order valence-electron chi connectivity index (χ1n) is 16.3. The second-order valence-corrected chi connectivity index (χ2v) is 12.5. The van der Waals surface area contributed by atoms with Gasteiger partial charge >= 0.3 is 0 Å². The summed E-state index contributed by atoms with van der Waals surface area (Å²) >= 11 is 0. The van der Waals surface area contributed by atoms with Crippen molar-refractivity contribution in [3.05, 3.63) is 66.1 Å². The van der Waals surface area contributed by atoms with Crippen molar-refractivity contribution in [1.82, 2.24) is 34.5 Å². The molecule has 3 N–H and O–H groups in total. The number of ether oxygens (including phenoxy) is 2. The minimum absolute atomic E-state index is 0.295. The maximum Gasteiger partial charge on any atom is 0.164 e. The average Bonchev–Trinajstić information content (AvgIpc) is 3.67. The van der Waals surface area contributed by atoms with Crippen molar-refractivity contribution < 1.29 is 9.47 Å². The summed E-state index contributed by atoms with van der Waals surface area (Å²) in [5, 5.41) is 7.20. The number of benzene rings is 2. The summed E-state index contributed by atoms with van der Waals surface area (Å²) in [6.45, 7) is 6.59. The molecule has 0 bridgehead atoms. The van der Waals surface area contributed by atoms with E-state index in [0.717, 1.165) is 115 Å². The fourth-order valence-corrected chi connectivity index (χ4v) is 7.39. The molecule has 5 aromatic rings. The lowest BCUT2D eigenvalue weighted by Gasteiger charge is -2.42. The normalized spacial score (nSPS) is 19.9. The fourth-order valence-electron chi connectivity index (χ4n) is 7.39. The SMILES string of the molecule is COCCCN1CCN(C2CCC(n3nc(-c4ccc5cc(Cc6ccccc6OC)[nH]c5c4)c4c(N)ncnc43)CC2)CC1. The molecule has 0 spiro atoms. The van der Waals surface area contributed by atoms with Gasteiger partial charge in [0, 0.05) is 75.7 Å². The minimum atomic E-state index is 0.295. The highest BCUT2D eigenvalue weighted by molar-refractivity contribution is 6.00. The third-order valence-electron chi connectivity index (χ3n) is 9.80. The molecule has 2 fully saturated rings. The number of fused-ring (bicyclic) bond motifs is 2. The molecule has 0 unspecified atom stereocenters. The summed E-state index contributed by atoms with van der Waals surface area (Å²) in [5.74, 6) is 1.37. The number of aromatic nitrogens is 5. The van der Waals surface area contributed by atoms with Crippen LogP contribution in [0.15, 0.2) is 54.9 Å². The van der Waals surface area contributed by atoms with Crippen LogP contribution in [0.3, 0.4) is 0 Å². The van der Waals surface area contributed by atoms with Crippen molar-refractivity contribution in [3.8, 4) is 17.0 Å². The summed E-state index contributed by atoms with van der Waals surface area (Å²) in [4.78, 5) is 18.0. The van der Waals surface area contributed by atoms with Crippen LogP contribution in [0.25, 0.3) is 33.2 Å². The van der Waals surface area contributed by atoms with Crippen LogP contribution in [0.2, 0.25) is 0 Å². The molecule has 1 aliphatic heterocycles. The monoisotopic (exact) mass is 608 g/mol. The van der Waals surface area contributed by atoms with Gasteiger partial charge in [0.1, 0.15) is 23.6 Å². The molecule has 4 heterocycles. The smallest absolute Gasteiger partial charge is 0.164 e. The van der Waals surface area contributed by atoms with Crippen molar-refractivity contribution in [1.29, 1.82) is 0 Å². The molecule has 1 saturated heterocycles. The van der Waals surface area contributed by atoms with Crippen molar-refractivity contribution >= 4 is 27.8 Å². The maximum absolute atomic E-state index is 6.49. The van der Waals surface area contributed by atoms with E-state index >= 15 is 0 Å². The largest absolute Gasteiger partial charge is 0.496 e. The molecular weight excluding hydrogens is 564 g/mol. The van der Waals surface area contributed by atoms with E-state index in [1.54, 1.807) is 20.5 Å². The standard InChI is InChI=1S/C35H44N8O2/c1-44-19-5-14-41-15-17-42(18-16-41)28-10-12-29(13-11-28)43-35-32(34(36)37-23-38-35)33(40-43)26-9-8-24-20-27(39-30(24)22-26)21-25-6-3-4-7-31(25)45-2/h3-4,6-9,20,22-23,28-29,39H,5,10-19,21H2,1-2H3,(H2,36,37,38). The molecule has 236 valence electrons. The Kier molecular flexibility index (Phi) is 8.69. The number of para-hydroxylation sites is 1. The Balaban J connectivity index is 1.08. The summed E-state index contributed by atoms with van der Waals surface area (Å²) in [7, 11) is 3.50. The zero-order valence-corrected chi connectivity index (χ0v) is 26.4. The fraction of sp³-hybridized carbons (Fsp3) is 0.457. The van der Waals surface area contributed by atoms with Crippen LogP contribution in [-0.2, 0) is 11.2 Å². The van der Waals surface area contributed by atoms with Crippen molar-refractivity contribution in [2.45, 2.75) is 50.6 Å². The predicted octanol–water partition coefficient (Wildman–Crippen LogP) is 5.29. The lowest BCUT2D eigenvalue weighted by molar-refractivity contribution is 0.0662. The van der Waals surface area contributed by atoms with Gasteiger partial charge in [0.05, 0.1) is 18.5 Å². The number of nitrogens with one attached hydrogen (secondary N) is 1. The molecule has 1 aliphatic carbocycles. The Morgan fingerprint density at radius 3 is 2.53 bits per heavy atom. The van der Waals surface area contributed by atoms with E-state index in [0.29, 0.717) is 17.9 Å². The summed E-state index contributed by atoms with van der Waals surface area (Å²) < 4.78 is 12.9. The van der Waals surface area contributed by atoms with E-state index in [2.05, 4.69) is 54.8 Å². The van der Waals surface area contributed by atoms with Gasteiger partial charge in [-0.25, -0.2) is 14.6 Å². The summed E-state index contributed by atoms with van der Waals surface area (Å²) in [5.41, 5.74) is 12.5. The quantitative estimate of drug-likeness (QED) is 0.206. The van der Waals surface area contributed by atoms with Gasteiger partial charge < -0.3 is 25.1 Å². The molecular formula is C35H44N8O2. The summed E-state index contributed by atoms with van der Waals surface area (Å²) in [6, 6.07) is 17.8. The number of hydrogen-bond acceptors (Lipinski definition) is 8. The Morgan fingerprint density at radius 1 is 0.933 bits per heavy atom. The van der Waals surface area contributed by atoms with Crippen LogP contribution in [0, 0.1) is 0 Å². The second-order valence-electron chi connectivity index (χ2n) is 12.5. The van der Waals surface area contributed by atoms with Crippen LogP contribution in [0.1, 0.15) is 49.4 Å². The predicted molar refractivity (Wildman–Crippen MR) is 179 cm³/mol. The molecule has 7 rings (SSSR count). The first-order chi connectivity index (χ1) is 22.1. The molecule has 2 aliphatic rings. The Labute approximate surface area is 264 Å². The van der Waals surface area contributed by atoms with Gasteiger partial charge in [-0.05, 0) is 61.3 Å². The van der Waals surface area contributed by atoms with Crippen molar-refractivity contribution in [2.75, 3.05) is 59.3 Å². The molecule has 0 radical (unpaired) electrons. The number of rotatable bonds is 10. The Hall–Kier alpha value is -3.99. The summed E-state index contributed by atoms with van der Waals surface area (Å²) in [6.07, 6.45) is 7.96. The number of anilines is 1. The Morgan fingerprint density at radius 2 is 1.73 bits per heavy atom. The van der Waals surface area contributed by atoms with Crippen LogP contribution < -0.4 is 10.5 Å². The number of nitrogen functional groups attached to an aromatic ring is 1. The number of hydrogen-bond donors (Lipinski definition) is 2. The van der Waals surface area contributed by atoms with E-state index in [1.165, 1.54) is 12.8 Å². The molecule has 10 nitrogen and oxygen atoms in total.